The molecule has 0 atom stereocenters. The normalized spacial score (nSPS) is 11.1. The highest BCUT2D eigenvalue weighted by Crippen LogP contribution is 2.31. The number of nitro groups is 1. The zero-order valence-electron chi connectivity index (χ0n) is 16.0. The van der Waals surface area contributed by atoms with Crippen LogP contribution in [-0.4, -0.2) is 28.0 Å². The number of aromatic nitrogens is 2. The predicted octanol–water partition coefficient (Wildman–Crippen LogP) is 3.76. The molecule has 8 heteroatoms. The van der Waals surface area contributed by atoms with Gasteiger partial charge in [-0.15, -0.1) is 0 Å². The summed E-state index contributed by atoms with van der Waals surface area (Å²) >= 11 is 0. The molecule has 0 saturated heterocycles. The maximum absolute atomic E-state index is 12.8. The van der Waals surface area contributed by atoms with Gasteiger partial charge < -0.3 is 4.74 Å². The Morgan fingerprint density at radius 1 is 1.14 bits per heavy atom. The molecule has 28 heavy (non-hydrogen) atoms. The number of hydrogen-bond acceptors (Lipinski definition) is 5. The smallest absolute Gasteiger partial charge is 0.280 e. The van der Waals surface area contributed by atoms with E-state index in [1.807, 2.05) is 32.0 Å². The zero-order chi connectivity index (χ0) is 20.4. The Bertz CT molecular complexity index is 1140. The van der Waals surface area contributed by atoms with Crippen LogP contribution in [0.4, 0.5) is 11.4 Å². The number of non-ortho nitro benzene ring substituents is 1. The fourth-order valence-electron chi connectivity index (χ4n) is 2.78. The molecule has 0 radical (unpaired) electrons. The number of benzene rings is 2. The molecule has 0 aliphatic carbocycles. The largest absolute Gasteiger partial charge is 0.494 e. The molecule has 0 bridgehead atoms. The summed E-state index contributed by atoms with van der Waals surface area (Å²) in [6.45, 7) is 5.79. The molecule has 0 spiro atoms. The second kappa shape index (κ2) is 7.51. The summed E-state index contributed by atoms with van der Waals surface area (Å²) in [7, 11) is 1.41. The van der Waals surface area contributed by atoms with Gasteiger partial charge >= 0.3 is 0 Å². The molecule has 1 N–H and O–H groups in total. The number of nitrogens with zero attached hydrogens (tertiary/aromatic N) is 3. The minimum Gasteiger partial charge on any atom is -0.494 e. The van der Waals surface area contributed by atoms with Crippen LogP contribution < -0.4 is 10.3 Å². The predicted molar refractivity (Wildman–Crippen MR) is 108 cm³/mol. The summed E-state index contributed by atoms with van der Waals surface area (Å²) in [4.78, 5) is 27.5. The standard InChI is InChI=1S/C20H20N4O4/c1-12-5-6-15(9-13(12)2)23-20(25)17(14(3)22-23)11-21-18-8-7-16(24(26)27)10-19(18)28-4/h5-11,22H,1-4H3. The van der Waals surface area contributed by atoms with Crippen molar-refractivity contribution in [2.45, 2.75) is 20.8 Å². The van der Waals surface area contributed by atoms with Gasteiger partial charge in [0.25, 0.3) is 11.2 Å². The Hall–Kier alpha value is -3.68. The van der Waals surface area contributed by atoms with Crippen LogP contribution in [0.5, 0.6) is 5.75 Å². The number of H-pyrrole nitrogens is 1. The van der Waals surface area contributed by atoms with Crippen molar-refractivity contribution in [2.75, 3.05) is 7.11 Å². The van der Waals surface area contributed by atoms with Crippen molar-refractivity contribution < 1.29 is 9.66 Å². The maximum atomic E-state index is 12.8. The fourth-order valence-corrected chi connectivity index (χ4v) is 2.78. The molecule has 1 heterocycles. The first-order chi connectivity index (χ1) is 13.3. The minimum absolute atomic E-state index is 0.0919. The van der Waals surface area contributed by atoms with E-state index in [9.17, 15) is 14.9 Å². The van der Waals surface area contributed by atoms with Gasteiger partial charge in [0.1, 0.15) is 5.69 Å². The molecule has 8 nitrogen and oxygen atoms in total. The number of hydrogen-bond donors (Lipinski definition) is 1. The van der Waals surface area contributed by atoms with E-state index in [1.54, 1.807) is 6.92 Å². The van der Waals surface area contributed by atoms with Crippen molar-refractivity contribution >= 4 is 17.6 Å². The van der Waals surface area contributed by atoms with Crippen LogP contribution in [0.25, 0.3) is 5.69 Å². The van der Waals surface area contributed by atoms with Gasteiger partial charge in [0, 0.05) is 18.0 Å². The van der Waals surface area contributed by atoms with Crippen LogP contribution >= 0.6 is 0 Å². The van der Waals surface area contributed by atoms with Crippen molar-refractivity contribution in [3.8, 4) is 11.4 Å². The number of aryl methyl sites for hydroxylation is 3. The van der Waals surface area contributed by atoms with Gasteiger partial charge in [0.2, 0.25) is 0 Å². The summed E-state index contributed by atoms with van der Waals surface area (Å²) < 4.78 is 6.64. The Balaban J connectivity index is 2.00. The molecule has 3 rings (SSSR count). The van der Waals surface area contributed by atoms with Crippen LogP contribution in [0.1, 0.15) is 22.4 Å². The van der Waals surface area contributed by atoms with Crippen LogP contribution in [-0.2, 0) is 0 Å². The molecular formula is C20H20N4O4. The van der Waals surface area contributed by atoms with Gasteiger partial charge in [-0.2, -0.15) is 0 Å². The second-order valence-corrected chi connectivity index (χ2v) is 6.43. The highest BCUT2D eigenvalue weighted by Gasteiger charge is 2.13. The van der Waals surface area contributed by atoms with Crippen LogP contribution in [0.15, 0.2) is 46.2 Å². The SMILES string of the molecule is COc1cc([N+](=O)[O-])ccc1N=Cc1c(C)[nH]n(-c2ccc(C)c(C)c2)c1=O. The van der Waals surface area contributed by atoms with E-state index >= 15 is 0 Å². The lowest BCUT2D eigenvalue weighted by Crippen LogP contribution is -2.17. The third-order valence-electron chi connectivity index (χ3n) is 4.57. The average Bonchev–Trinajstić information content (AvgIpc) is 2.96. The molecule has 0 fully saturated rings. The highest BCUT2D eigenvalue weighted by molar-refractivity contribution is 5.84. The van der Waals surface area contributed by atoms with Gasteiger partial charge in [-0.25, -0.2) is 4.68 Å². The Kier molecular flexibility index (Phi) is 5.12. The summed E-state index contributed by atoms with van der Waals surface area (Å²) in [5, 5.41) is 14.0. The maximum Gasteiger partial charge on any atom is 0.280 e. The van der Waals surface area contributed by atoms with E-state index in [-0.39, 0.29) is 17.0 Å². The van der Waals surface area contributed by atoms with E-state index in [2.05, 4.69) is 10.1 Å². The third kappa shape index (κ3) is 3.57. The number of methoxy groups -OCH3 is 1. The van der Waals surface area contributed by atoms with E-state index < -0.39 is 4.92 Å². The quantitative estimate of drug-likeness (QED) is 0.413. The van der Waals surface area contributed by atoms with Crippen LogP contribution in [0, 0.1) is 30.9 Å². The van der Waals surface area contributed by atoms with Crippen molar-refractivity contribution in [1.29, 1.82) is 0 Å². The molecule has 0 aliphatic rings. The molecular weight excluding hydrogens is 360 g/mol. The van der Waals surface area contributed by atoms with E-state index in [0.717, 1.165) is 16.8 Å². The Labute approximate surface area is 161 Å². The molecule has 1 aromatic heterocycles. The Morgan fingerprint density at radius 3 is 2.54 bits per heavy atom. The molecule has 144 valence electrons. The topological polar surface area (TPSA) is 103 Å². The zero-order valence-corrected chi connectivity index (χ0v) is 16.0. The van der Waals surface area contributed by atoms with E-state index in [1.165, 1.54) is 36.2 Å². The molecule has 0 amide bonds. The third-order valence-corrected chi connectivity index (χ3v) is 4.57. The number of nitro benzene ring substituents is 1. The van der Waals surface area contributed by atoms with Crippen molar-refractivity contribution in [3.63, 3.8) is 0 Å². The number of aliphatic imine (C=N–C) groups is 1. The molecule has 3 aromatic rings. The number of rotatable bonds is 5. The van der Waals surface area contributed by atoms with Crippen molar-refractivity contribution in [2.24, 2.45) is 4.99 Å². The van der Waals surface area contributed by atoms with Gasteiger partial charge in [-0.05, 0) is 50.1 Å². The van der Waals surface area contributed by atoms with Crippen LogP contribution in [0.2, 0.25) is 0 Å². The average molecular weight is 380 g/mol. The molecule has 0 unspecified atom stereocenters. The lowest BCUT2D eigenvalue weighted by atomic mass is 10.1. The summed E-state index contributed by atoms with van der Waals surface area (Å²) in [6, 6.07) is 9.89. The first-order valence-electron chi connectivity index (χ1n) is 8.57. The van der Waals surface area contributed by atoms with Gasteiger partial charge in [0.05, 0.1) is 29.4 Å². The first kappa shape index (κ1) is 19.1. The van der Waals surface area contributed by atoms with E-state index in [4.69, 9.17) is 4.74 Å². The summed E-state index contributed by atoms with van der Waals surface area (Å²) in [6.07, 6.45) is 1.44. The van der Waals surface area contributed by atoms with Crippen molar-refractivity contribution in [3.05, 3.63) is 79.3 Å². The van der Waals surface area contributed by atoms with E-state index in [0.29, 0.717) is 16.9 Å². The first-order valence-corrected chi connectivity index (χ1v) is 8.57. The van der Waals surface area contributed by atoms with Gasteiger partial charge in [-0.3, -0.25) is 25.0 Å². The Morgan fingerprint density at radius 2 is 1.89 bits per heavy atom. The lowest BCUT2D eigenvalue weighted by molar-refractivity contribution is -0.384. The number of ether oxygens (including phenoxy) is 1. The fraction of sp³-hybridized carbons (Fsp3) is 0.200. The molecule has 0 saturated carbocycles. The van der Waals surface area contributed by atoms with Gasteiger partial charge in [-0.1, -0.05) is 6.07 Å². The second-order valence-electron chi connectivity index (χ2n) is 6.43. The highest BCUT2D eigenvalue weighted by atomic mass is 16.6. The number of aromatic amines is 1. The van der Waals surface area contributed by atoms with Gasteiger partial charge in [0.15, 0.2) is 5.75 Å². The summed E-state index contributed by atoms with van der Waals surface area (Å²) in [5.74, 6) is 0.258. The lowest BCUT2D eigenvalue weighted by Gasteiger charge is -2.05. The monoisotopic (exact) mass is 380 g/mol. The molecule has 0 aliphatic heterocycles. The van der Waals surface area contributed by atoms with Crippen LogP contribution in [0.3, 0.4) is 0 Å². The summed E-state index contributed by atoms with van der Waals surface area (Å²) in [5.41, 5.74) is 4.10. The molecule has 2 aromatic carbocycles. The van der Waals surface area contributed by atoms with Crippen molar-refractivity contribution in [1.82, 2.24) is 9.78 Å². The number of nitrogens with one attached hydrogen (secondary N) is 1. The minimum atomic E-state index is -0.505.